The Labute approximate surface area is 187 Å². The highest BCUT2D eigenvalue weighted by Gasteiger charge is 2.33. The summed E-state index contributed by atoms with van der Waals surface area (Å²) in [6, 6.07) is 16.2. The summed E-state index contributed by atoms with van der Waals surface area (Å²) in [5.74, 6) is 0. The molecule has 6 nitrogen and oxygen atoms in total. The Bertz CT molecular complexity index is 1220. The van der Waals surface area contributed by atoms with Crippen LogP contribution in [0.1, 0.15) is 5.56 Å². The summed E-state index contributed by atoms with van der Waals surface area (Å²) in [5, 5.41) is 4.72. The number of hydrogen-bond donors (Lipinski definition) is 2. The molecule has 2 amide bonds. The van der Waals surface area contributed by atoms with Crippen molar-refractivity contribution in [1.29, 1.82) is 0 Å². The number of benzene rings is 3. The predicted octanol–water partition coefficient (Wildman–Crippen LogP) is 5.83. The Kier molecular flexibility index (Phi) is 6.65. The number of hydrogen-bond acceptors (Lipinski definition) is 3. The van der Waals surface area contributed by atoms with Crippen LogP contribution in [0.5, 0.6) is 0 Å². The molecule has 0 aliphatic heterocycles. The summed E-state index contributed by atoms with van der Waals surface area (Å²) in [6.45, 7) is 0. The molecule has 0 radical (unpaired) electrons. The van der Waals surface area contributed by atoms with Crippen molar-refractivity contribution in [2.75, 3.05) is 22.0 Å². The second-order valence-electron chi connectivity index (χ2n) is 6.61. The van der Waals surface area contributed by atoms with Crippen LogP contribution in [-0.2, 0) is 16.2 Å². The normalized spacial score (nSPS) is 11.7. The molecule has 2 N–H and O–H groups in total. The lowest BCUT2D eigenvalue weighted by molar-refractivity contribution is -0.137. The van der Waals surface area contributed by atoms with E-state index in [2.05, 4.69) is 10.6 Å². The van der Waals surface area contributed by atoms with E-state index in [1.54, 1.807) is 24.3 Å². The fourth-order valence-electron chi connectivity index (χ4n) is 2.74. The van der Waals surface area contributed by atoms with Gasteiger partial charge in [-0.3, -0.25) is 4.31 Å². The number of carbonyl (C=O) groups is 1. The SMILES string of the molecule is CN(c1ccc(NC(=O)Nc2ccccc2)cc1)S(=O)(=O)c1ccc(C(F)(F)F)cc1Cl. The lowest BCUT2D eigenvalue weighted by Crippen LogP contribution is -2.27. The highest BCUT2D eigenvalue weighted by molar-refractivity contribution is 7.93. The van der Waals surface area contributed by atoms with Crippen LogP contribution < -0.4 is 14.9 Å². The van der Waals surface area contributed by atoms with E-state index in [1.807, 2.05) is 6.07 Å². The Morgan fingerprint density at radius 2 is 1.47 bits per heavy atom. The van der Waals surface area contributed by atoms with E-state index in [-0.39, 0.29) is 5.69 Å². The van der Waals surface area contributed by atoms with E-state index < -0.39 is 37.7 Å². The molecule has 11 heteroatoms. The number of sulfonamides is 1. The lowest BCUT2D eigenvalue weighted by Gasteiger charge is -2.21. The minimum absolute atomic E-state index is 0.218. The number of anilines is 3. The smallest absolute Gasteiger partial charge is 0.308 e. The molecule has 0 unspecified atom stereocenters. The minimum Gasteiger partial charge on any atom is -0.308 e. The highest BCUT2D eigenvalue weighted by Crippen LogP contribution is 2.35. The molecule has 0 saturated heterocycles. The number of amides is 2. The molecule has 0 atom stereocenters. The number of urea groups is 1. The van der Waals surface area contributed by atoms with Crippen molar-refractivity contribution in [3.05, 3.63) is 83.4 Å². The van der Waals surface area contributed by atoms with Gasteiger partial charge in [0.25, 0.3) is 10.0 Å². The molecule has 0 heterocycles. The molecule has 3 rings (SSSR count). The van der Waals surface area contributed by atoms with Crippen molar-refractivity contribution in [3.63, 3.8) is 0 Å². The van der Waals surface area contributed by atoms with Crippen LogP contribution in [0, 0.1) is 0 Å². The molecule has 0 aliphatic carbocycles. The third-order valence-electron chi connectivity index (χ3n) is 4.42. The quantitative estimate of drug-likeness (QED) is 0.479. The van der Waals surface area contributed by atoms with E-state index >= 15 is 0 Å². The zero-order chi connectivity index (χ0) is 23.5. The van der Waals surface area contributed by atoms with Crippen molar-refractivity contribution < 1.29 is 26.4 Å². The predicted molar refractivity (Wildman–Crippen MR) is 118 cm³/mol. The van der Waals surface area contributed by atoms with E-state index in [9.17, 15) is 26.4 Å². The minimum atomic E-state index is -4.65. The average molecular weight is 484 g/mol. The van der Waals surface area contributed by atoms with Gasteiger partial charge in [0.2, 0.25) is 0 Å². The fourth-order valence-corrected chi connectivity index (χ4v) is 4.45. The van der Waals surface area contributed by atoms with Gasteiger partial charge in [-0.05, 0) is 54.6 Å². The van der Waals surface area contributed by atoms with Gasteiger partial charge in [0, 0.05) is 18.4 Å². The van der Waals surface area contributed by atoms with Gasteiger partial charge in [-0.2, -0.15) is 13.2 Å². The second kappa shape index (κ2) is 9.09. The van der Waals surface area contributed by atoms with Crippen LogP contribution in [0.3, 0.4) is 0 Å². The summed E-state index contributed by atoms with van der Waals surface area (Å²) in [6.07, 6.45) is -4.65. The summed E-state index contributed by atoms with van der Waals surface area (Å²) in [4.78, 5) is 11.6. The summed E-state index contributed by atoms with van der Waals surface area (Å²) in [7, 11) is -2.98. The van der Waals surface area contributed by atoms with Crippen LogP contribution in [0.2, 0.25) is 5.02 Å². The third kappa shape index (κ3) is 5.32. The largest absolute Gasteiger partial charge is 0.416 e. The molecule has 168 valence electrons. The maximum atomic E-state index is 12.9. The molecular weight excluding hydrogens is 467 g/mol. The molecule has 0 fully saturated rings. The first-order valence-corrected chi connectivity index (χ1v) is 10.9. The number of nitrogens with zero attached hydrogens (tertiary/aromatic N) is 1. The van der Waals surface area contributed by atoms with Crippen molar-refractivity contribution in [3.8, 4) is 0 Å². The molecule has 3 aromatic rings. The van der Waals surface area contributed by atoms with Crippen LogP contribution in [0.4, 0.5) is 35.0 Å². The monoisotopic (exact) mass is 483 g/mol. The first-order valence-electron chi connectivity index (χ1n) is 9.07. The molecule has 3 aromatic carbocycles. The van der Waals surface area contributed by atoms with Crippen LogP contribution >= 0.6 is 11.6 Å². The van der Waals surface area contributed by atoms with Crippen molar-refractivity contribution >= 4 is 44.7 Å². The van der Waals surface area contributed by atoms with Crippen molar-refractivity contribution in [2.24, 2.45) is 0 Å². The van der Waals surface area contributed by atoms with Gasteiger partial charge in [-0.1, -0.05) is 29.8 Å². The topological polar surface area (TPSA) is 78.5 Å². The highest BCUT2D eigenvalue weighted by atomic mass is 35.5. The van der Waals surface area contributed by atoms with Crippen LogP contribution in [0.25, 0.3) is 0 Å². The maximum absolute atomic E-state index is 12.9. The van der Waals surface area contributed by atoms with Gasteiger partial charge in [-0.15, -0.1) is 0 Å². The summed E-state index contributed by atoms with van der Waals surface area (Å²) < 4.78 is 65.1. The first kappa shape index (κ1) is 23.4. The van der Waals surface area contributed by atoms with Gasteiger partial charge in [-0.25, -0.2) is 13.2 Å². The van der Waals surface area contributed by atoms with Gasteiger partial charge >= 0.3 is 12.2 Å². The van der Waals surface area contributed by atoms with Crippen molar-refractivity contribution in [2.45, 2.75) is 11.1 Å². The van der Waals surface area contributed by atoms with Crippen molar-refractivity contribution in [1.82, 2.24) is 0 Å². The number of rotatable bonds is 5. The number of nitrogens with one attached hydrogen (secondary N) is 2. The maximum Gasteiger partial charge on any atom is 0.416 e. The number of alkyl halides is 3. The Balaban J connectivity index is 1.74. The van der Waals surface area contributed by atoms with Gasteiger partial charge in [0.05, 0.1) is 16.3 Å². The van der Waals surface area contributed by atoms with Gasteiger partial charge in [0.15, 0.2) is 0 Å². The molecule has 0 aliphatic rings. The molecule has 0 saturated carbocycles. The Morgan fingerprint density at radius 1 is 0.906 bits per heavy atom. The van der Waals surface area contributed by atoms with E-state index in [1.165, 1.54) is 31.3 Å². The second-order valence-corrected chi connectivity index (χ2v) is 8.95. The molecule has 0 aromatic heterocycles. The van der Waals surface area contributed by atoms with Gasteiger partial charge in [0.1, 0.15) is 4.90 Å². The molecular formula is C21H17ClF3N3O3S. The van der Waals surface area contributed by atoms with Crippen LogP contribution in [-0.4, -0.2) is 21.5 Å². The third-order valence-corrected chi connectivity index (χ3v) is 6.69. The molecule has 0 bridgehead atoms. The Morgan fingerprint density at radius 3 is 2.00 bits per heavy atom. The van der Waals surface area contributed by atoms with Gasteiger partial charge < -0.3 is 10.6 Å². The zero-order valence-corrected chi connectivity index (χ0v) is 18.1. The summed E-state index contributed by atoms with van der Waals surface area (Å²) in [5.41, 5.74) is 0.171. The number of carbonyl (C=O) groups excluding carboxylic acids is 1. The standard InChI is InChI=1S/C21H17ClF3N3O3S/c1-28(32(30,31)19-12-7-14(13-18(19)22)21(23,24)25)17-10-8-16(9-11-17)27-20(29)26-15-5-3-2-4-6-15/h2-13H,1H3,(H2,26,27,29). The van der Waals surface area contributed by atoms with E-state index in [0.717, 1.165) is 10.4 Å². The Hall–Kier alpha value is -3.24. The van der Waals surface area contributed by atoms with E-state index in [4.69, 9.17) is 11.6 Å². The number of para-hydroxylation sites is 1. The van der Waals surface area contributed by atoms with E-state index in [0.29, 0.717) is 23.5 Å². The zero-order valence-electron chi connectivity index (χ0n) is 16.5. The summed E-state index contributed by atoms with van der Waals surface area (Å²) >= 11 is 5.84. The first-order chi connectivity index (χ1) is 15.0. The fraction of sp³-hybridized carbons (Fsp3) is 0.0952. The average Bonchev–Trinajstić information content (AvgIpc) is 2.73. The molecule has 32 heavy (non-hydrogen) atoms. The lowest BCUT2D eigenvalue weighted by atomic mass is 10.2. The van der Waals surface area contributed by atoms with Crippen LogP contribution in [0.15, 0.2) is 77.7 Å². The number of halogens is 4. The molecule has 0 spiro atoms.